The van der Waals surface area contributed by atoms with E-state index in [-0.39, 0.29) is 12.5 Å². The molecule has 0 radical (unpaired) electrons. The maximum Gasteiger partial charge on any atom is 0.262 e. The molecule has 3 rings (SSSR count). The number of nitrogens with one attached hydrogen (secondary N) is 1. The van der Waals surface area contributed by atoms with Crippen LogP contribution in [-0.2, 0) is 4.79 Å². The van der Waals surface area contributed by atoms with E-state index in [1.165, 1.54) is 11.3 Å². The van der Waals surface area contributed by atoms with Crippen LogP contribution in [0.4, 0.5) is 11.4 Å². The minimum Gasteiger partial charge on any atom is -0.483 e. The summed E-state index contributed by atoms with van der Waals surface area (Å²) in [5.74, 6) is 0.642. The van der Waals surface area contributed by atoms with Gasteiger partial charge in [0.1, 0.15) is 5.75 Å². The molecule has 27 heavy (non-hydrogen) atoms. The van der Waals surface area contributed by atoms with Gasteiger partial charge in [-0.15, -0.1) is 0 Å². The molecule has 0 bridgehead atoms. The lowest BCUT2D eigenvalue weighted by molar-refractivity contribution is -0.118. The minimum absolute atomic E-state index is 0.00491. The molecule has 1 saturated heterocycles. The monoisotopic (exact) mass is 367 g/mol. The van der Waals surface area contributed by atoms with Crippen LogP contribution in [0.25, 0.3) is 0 Å². The fourth-order valence-corrected chi connectivity index (χ4v) is 3.55. The van der Waals surface area contributed by atoms with Crippen molar-refractivity contribution in [2.45, 2.75) is 20.8 Å². The third-order valence-electron chi connectivity index (χ3n) is 4.97. The van der Waals surface area contributed by atoms with Crippen LogP contribution in [0.15, 0.2) is 36.4 Å². The van der Waals surface area contributed by atoms with Gasteiger partial charge in [-0.2, -0.15) is 0 Å². The number of rotatable bonds is 5. The lowest BCUT2D eigenvalue weighted by Crippen LogP contribution is -2.44. The van der Waals surface area contributed by atoms with Crippen molar-refractivity contribution in [3.05, 3.63) is 53.1 Å². The van der Waals surface area contributed by atoms with E-state index >= 15 is 0 Å². The third-order valence-corrected chi connectivity index (χ3v) is 4.97. The van der Waals surface area contributed by atoms with E-state index < -0.39 is 0 Å². The first-order chi connectivity index (χ1) is 12.9. The van der Waals surface area contributed by atoms with Crippen LogP contribution >= 0.6 is 0 Å². The molecule has 0 spiro atoms. The van der Waals surface area contributed by atoms with Crippen LogP contribution < -0.4 is 15.0 Å². The summed E-state index contributed by atoms with van der Waals surface area (Å²) < 4.78 is 5.76. The highest BCUT2D eigenvalue weighted by molar-refractivity contribution is 5.92. The van der Waals surface area contributed by atoms with Gasteiger partial charge in [-0.25, -0.2) is 0 Å². The highest BCUT2D eigenvalue weighted by Crippen LogP contribution is 2.24. The molecule has 1 aliphatic rings. The Morgan fingerprint density at radius 3 is 2.19 bits per heavy atom. The molecule has 5 nitrogen and oxygen atoms in total. The van der Waals surface area contributed by atoms with E-state index in [9.17, 15) is 4.79 Å². The van der Waals surface area contributed by atoms with Gasteiger partial charge in [0, 0.05) is 37.6 Å². The normalized spacial score (nSPS) is 14.9. The highest BCUT2D eigenvalue weighted by Gasteiger charge is 2.14. The maximum absolute atomic E-state index is 12.2. The number of ether oxygens (including phenoxy) is 1. The summed E-state index contributed by atoms with van der Waals surface area (Å²) in [5, 5.41) is 2.91. The predicted octanol–water partition coefficient (Wildman–Crippen LogP) is 3.38. The lowest BCUT2D eigenvalue weighted by Gasteiger charge is -2.34. The summed E-state index contributed by atoms with van der Waals surface area (Å²) in [6, 6.07) is 12.2. The molecule has 5 heteroatoms. The molecule has 1 aliphatic heterocycles. The number of carbonyl (C=O) groups excluding carboxylic acids is 1. The molecule has 0 aromatic heterocycles. The summed E-state index contributed by atoms with van der Waals surface area (Å²) in [5.41, 5.74) is 5.29. The number of likely N-dealkylation sites (N-methyl/N-ethyl adjacent to an activating group) is 1. The largest absolute Gasteiger partial charge is 0.483 e. The Morgan fingerprint density at radius 2 is 1.59 bits per heavy atom. The zero-order chi connectivity index (χ0) is 19.4. The number of hydrogen-bond donors (Lipinski definition) is 1. The molecular weight excluding hydrogens is 338 g/mol. The van der Waals surface area contributed by atoms with Gasteiger partial charge in [0.15, 0.2) is 6.61 Å². The second kappa shape index (κ2) is 8.44. The molecule has 1 fully saturated rings. The number of aryl methyl sites for hydroxylation is 3. The van der Waals surface area contributed by atoms with Gasteiger partial charge < -0.3 is 19.9 Å². The van der Waals surface area contributed by atoms with Gasteiger partial charge in [-0.05, 0) is 63.2 Å². The smallest absolute Gasteiger partial charge is 0.262 e. The molecule has 1 N–H and O–H groups in total. The second-order valence-electron chi connectivity index (χ2n) is 7.40. The lowest BCUT2D eigenvalue weighted by atomic mass is 10.1. The van der Waals surface area contributed by atoms with Gasteiger partial charge in [-0.3, -0.25) is 4.79 Å². The minimum atomic E-state index is -0.151. The molecule has 1 heterocycles. The first-order valence-electron chi connectivity index (χ1n) is 9.46. The van der Waals surface area contributed by atoms with Crippen molar-refractivity contribution in [2.75, 3.05) is 50.1 Å². The fourth-order valence-electron chi connectivity index (χ4n) is 3.55. The van der Waals surface area contributed by atoms with Gasteiger partial charge in [0.05, 0.1) is 0 Å². The number of nitrogens with zero attached hydrogens (tertiary/aromatic N) is 2. The summed E-state index contributed by atoms with van der Waals surface area (Å²) in [7, 11) is 2.15. The summed E-state index contributed by atoms with van der Waals surface area (Å²) in [6.45, 7) is 10.3. The van der Waals surface area contributed by atoms with Crippen molar-refractivity contribution < 1.29 is 9.53 Å². The summed E-state index contributed by atoms with van der Waals surface area (Å²) in [4.78, 5) is 17.0. The highest BCUT2D eigenvalue weighted by atomic mass is 16.5. The number of anilines is 2. The van der Waals surface area contributed by atoms with E-state index in [0.717, 1.165) is 48.7 Å². The Labute approximate surface area is 161 Å². The standard InChI is InChI=1S/C22H29N3O2/c1-16-13-17(2)22(18(3)14-16)27-15-21(26)23-19-5-7-20(8-6-19)25-11-9-24(4)10-12-25/h5-8,13-14H,9-12,15H2,1-4H3,(H,23,26). The van der Waals surface area contributed by atoms with Crippen LogP contribution in [0.3, 0.4) is 0 Å². The Kier molecular flexibility index (Phi) is 6.01. The number of amides is 1. The van der Waals surface area contributed by atoms with E-state index in [0.29, 0.717) is 0 Å². The van der Waals surface area contributed by atoms with Crippen molar-refractivity contribution in [1.82, 2.24) is 4.90 Å². The Balaban J connectivity index is 1.54. The summed E-state index contributed by atoms with van der Waals surface area (Å²) >= 11 is 0. The van der Waals surface area contributed by atoms with E-state index in [4.69, 9.17) is 4.74 Å². The Morgan fingerprint density at radius 1 is 1.00 bits per heavy atom. The molecule has 2 aromatic rings. The molecular formula is C22H29N3O2. The van der Waals surface area contributed by atoms with Crippen LogP contribution in [0.5, 0.6) is 5.75 Å². The summed E-state index contributed by atoms with van der Waals surface area (Å²) in [6.07, 6.45) is 0. The molecule has 0 atom stereocenters. The van der Waals surface area contributed by atoms with Crippen molar-refractivity contribution >= 4 is 17.3 Å². The predicted molar refractivity (Wildman–Crippen MR) is 111 cm³/mol. The Bertz CT molecular complexity index is 771. The third kappa shape index (κ3) is 5.01. The average molecular weight is 367 g/mol. The number of benzene rings is 2. The SMILES string of the molecule is Cc1cc(C)c(OCC(=O)Nc2ccc(N3CCN(C)CC3)cc2)c(C)c1. The second-order valence-corrected chi connectivity index (χ2v) is 7.40. The van der Waals surface area contributed by atoms with Gasteiger partial charge in [-0.1, -0.05) is 17.7 Å². The van der Waals surface area contributed by atoms with E-state index in [2.05, 4.69) is 53.4 Å². The van der Waals surface area contributed by atoms with E-state index in [1.807, 2.05) is 26.0 Å². The molecule has 1 amide bonds. The van der Waals surface area contributed by atoms with E-state index in [1.54, 1.807) is 0 Å². The zero-order valence-corrected chi connectivity index (χ0v) is 16.7. The van der Waals surface area contributed by atoms with Crippen LogP contribution in [-0.4, -0.2) is 50.6 Å². The van der Waals surface area contributed by atoms with Gasteiger partial charge >= 0.3 is 0 Å². The van der Waals surface area contributed by atoms with Crippen molar-refractivity contribution in [3.63, 3.8) is 0 Å². The molecule has 0 saturated carbocycles. The fraction of sp³-hybridized carbons (Fsp3) is 0.409. The number of piperazine rings is 1. The van der Waals surface area contributed by atoms with Crippen molar-refractivity contribution in [1.29, 1.82) is 0 Å². The van der Waals surface area contributed by atoms with Crippen LogP contribution in [0.2, 0.25) is 0 Å². The number of carbonyl (C=O) groups is 1. The molecule has 0 aliphatic carbocycles. The topological polar surface area (TPSA) is 44.8 Å². The van der Waals surface area contributed by atoms with Crippen molar-refractivity contribution in [3.8, 4) is 5.75 Å². The molecule has 2 aromatic carbocycles. The van der Waals surface area contributed by atoms with Gasteiger partial charge in [0.2, 0.25) is 0 Å². The Hall–Kier alpha value is -2.53. The quantitative estimate of drug-likeness (QED) is 0.880. The molecule has 0 unspecified atom stereocenters. The van der Waals surface area contributed by atoms with Crippen LogP contribution in [0.1, 0.15) is 16.7 Å². The van der Waals surface area contributed by atoms with Crippen molar-refractivity contribution in [2.24, 2.45) is 0 Å². The maximum atomic E-state index is 12.2. The zero-order valence-electron chi connectivity index (χ0n) is 16.7. The van der Waals surface area contributed by atoms with Crippen LogP contribution in [0, 0.1) is 20.8 Å². The average Bonchev–Trinajstić information content (AvgIpc) is 2.62. The number of hydrogen-bond acceptors (Lipinski definition) is 4. The molecule has 144 valence electrons. The first-order valence-corrected chi connectivity index (χ1v) is 9.46. The van der Waals surface area contributed by atoms with Gasteiger partial charge in [0.25, 0.3) is 5.91 Å². The first kappa shape index (κ1) is 19.2.